The zero-order valence-corrected chi connectivity index (χ0v) is 17.7. The number of carbonyl (C=O) groups excluding carboxylic acids is 1. The molecular weight excluding hydrogens is 402 g/mol. The maximum absolute atomic E-state index is 13.0. The maximum Gasteiger partial charge on any atom is 0.339 e. The van der Waals surface area contributed by atoms with E-state index < -0.39 is 5.63 Å². The second-order valence-corrected chi connectivity index (χ2v) is 7.28. The molecule has 1 aromatic carbocycles. The average molecular weight is 425 g/mol. The van der Waals surface area contributed by atoms with Crippen molar-refractivity contribution < 1.29 is 23.4 Å². The third-order valence-electron chi connectivity index (χ3n) is 5.09. The minimum Gasteiger partial charge on any atom is -0.497 e. The summed E-state index contributed by atoms with van der Waals surface area (Å²) in [6.07, 6.45) is -0.184. The third-order valence-corrected chi connectivity index (χ3v) is 5.09. The fourth-order valence-electron chi connectivity index (χ4n) is 3.49. The van der Waals surface area contributed by atoms with Crippen LogP contribution in [0.25, 0.3) is 11.3 Å². The highest BCUT2D eigenvalue weighted by atomic mass is 16.5. The van der Waals surface area contributed by atoms with E-state index in [4.69, 9.17) is 18.6 Å². The molecule has 1 aliphatic heterocycles. The summed E-state index contributed by atoms with van der Waals surface area (Å²) in [6.45, 7) is 2.52. The number of amides is 1. The number of benzene rings is 1. The van der Waals surface area contributed by atoms with E-state index in [1.54, 1.807) is 62.0 Å². The van der Waals surface area contributed by atoms with Gasteiger partial charge in [0, 0.05) is 18.7 Å². The quantitative estimate of drug-likeness (QED) is 0.598. The number of methoxy groups -OCH3 is 2. The first-order valence-electron chi connectivity index (χ1n) is 9.72. The van der Waals surface area contributed by atoms with Gasteiger partial charge in [-0.05, 0) is 31.2 Å². The monoisotopic (exact) mass is 425 g/mol. The molecule has 9 heteroatoms. The standard InChI is InChI=1S/C22H23N3O6/c1-13-7-15(9-21(26)30-13)31-16-11-25(12-16)22(27)19-10-18(23-24(19)2)17-8-14(28-3)5-6-20(17)29-4/h5-10,16H,11-12H2,1-4H3. The highest BCUT2D eigenvalue weighted by Gasteiger charge is 2.34. The van der Waals surface area contributed by atoms with Crippen LogP contribution in [0.5, 0.6) is 17.2 Å². The molecule has 1 amide bonds. The first-order valence-corrected chi connectivity index (χ1v) is 9.72. The Balaban J connectivity index is 1.47. The van der Waals surface area contributed by atoms with Crippen molar-refractivity contribution in [3.63, 3.8) is 0 Å². The van der Waals surface area contributed by atoms with E-state index in [1.165, 1.54) is 6.07 Å². The van der Waals surface area contributed by atoms with Crippen molar-refractivity contribution in [1.82, 2.24) is 14.7 Å². The first-order chi connectivity index (χ1) is 14.9. The van der Waals surface area contributed by atoms with Crippen molar-refractivity contribution >= 4 is 5.91 Å². The van der Waals surface area contributed by atoms with E-state index in [2.05, 4.69) is 5.10 Å². The van der Waals surface area contributed by atoms with Gasteiger partial charge < -0.3 is 23.5 Å². The lowest BCUT2D eigenvalue weighted by Crippen LogP contribution is -2.56. The smallest absolute Gasteiger partial charge is 0.339 e. The van der Waals surface area contributed by atoms with Gasteiger partial charge in [-0.2, -0.15) is 5.10 Å². The molecule has 0 atom stereocenters. The Morgan fingerprint density at radius 2 is 1.87 bits per heavy atom. The van der Waals surface area contributed by atoms with Crippen molar-refractivity contribution in [3.8, 4) is 28.5 Å². The fraction of sp³-hybridized carbons (Fsp3) is 0.318. The molecule has 4 rings (SSSR count). The number of rotatable bonds is 6. The minimum atomic E-state index is -0.461. The Morgan fingerprint density at radius 3 is 2.55 bits per heavy atom. The van der Waals surface area contributed by atoms with E-state index in [-0.39, 0.29) is 12.0 Å². The molecule has 2 aromatic heterocycles. The summed E-state index contributed by atoms with van der Waals surface area (Å²) in [7, 11) is 4.90. The summed E-state index contributed by atoms with van der Waals surface area (Å²) in [6, 6.07) is 10.1. The van der Waals surface area contributed by atoms with E-state index in [1.807, 2.05) is 6.07 Å². The molecule has 3 aromatic rings. The lowest BCUT2D eigenvalue weighted by molar-refractivity contribution is 0.0167. The van der Waals surface area contributed by atoms with Crippen LogP contribution in [0.2, 0.25) is 0 Å². The molecule has 0 N–H and O–H groups in total. The van der Waals surface area contributed by atoms with Gasteiger partial charge in [0.2, 0.25) is 0 Å². The number of hydrogen-bond acceptors (Lipinski definition) is 7. The number of aryl methyl sites for hydroxylation is 2. The molecule has 0 spiro atoms. The maximum atomic E-state index is 13.0. The minimum absolute atomic E-state index is 0.147. The van der Waals surface area contributed by atoms with Crippen LogP contribution in [0, 0.1) is 6.92 Å². The van der Waals surface area contributed by atoms with Gasteiger partial charge in [-0.1, -0.05) is 0 Å². The lowest BCUT2D eigenvalue weighted by atomic mass is 10.1. The van der Waals surface area contributed by atoms with Gasteiger partial charge in [-0.25, -0.2) is 4.79 Å². The van der Waals surface area contributed by atoms with E-state index in [0.29, 0.717) is 47.5 Å². The fourth-order valence-corrected chi connectivity index (χ4v) is 3.49. The molecule has 0 radical (unpaired) electrons. The van der Waals surface area contributed by atoms with Crippen LogP contribution < -0.4 is 19.8 Å². The van der Waals surface area contributed by atoms with Gasteiger partial charge >= 0.3 is 5.63 Å². The van der Waals surface area contributed by atoms with Crippen LogP contribution in [-0.2, 0) is 7.05 Å². The van der Waals surface area contributed by atoms with Crippen molar-refractivity contribution in [2.24, 2.45) is 7.05 Å². The number of ether oxygens (including phenoxy) is 3. The van der Waals surface area contributed by atoms with Crippen LogP contribution in [0.15, 0.2) is 45.6 Å². The second-order valence-electron chi connectivity index (χ2n) is 7.28. The van der Waals surface area contributed by atoms with Crippen LogP contribution in [-0.4, -0.2) is 54.0 Å². The highest BCUT2D eigenvalue weighted by molar-refractivity contribution is 5.94. The molecule has 3 heterocycles. The summed E-state index contributed by atoms with van der Waals surface area (Å²) in [5, 5.41) is 4.49. The van der Waals surface area contributed by atoms with Gasteiger partial charge in [0.1, 0.15) is 34.8 Å². The summed E-state index contributed by atoms with van der Waals surface area (Å²) < 4.78 is 23.0. The molecule has 1 fully saturated rings. The number of carbonyl (C=O) groups is 1. The van der Waals surface area contributed by atoms with Gasteiger partial charge in [0.05, 0.1) is 39.1 Å². The Kier molecular flexibility index (Phi) is 5.41. The summed E-state index contributed by atoms with van der Waals surface area (Å²) >= 11 is 0. The summed E-state index contributed by atoms with van der Waals surface area (Å²) in [5.74, 6) is 2.08. The lowest BCUT2D eigenvalue weighted by Gasteiger charge is -2.38. The predicted octanol–water partition coefficient (Wildman–Crippen LogP) is 2.27. The Labute approximate surface area is 178 Å². The highest BCUT2D eigenvalue weighted by Crippen LogP contribution is 2.33. The van der Waals surface area contributed by atoms with Crippen molar-refractivity contribution in [3.05, 3.63) is 58.3 Å². The van der Waals surface area contributed by atoms with Crippen LogP contribution in [0.1, 0.15) is 16.2 Å². The molecule has 0 unspecified atom stereocenters. The molecule has 9 nitrogen and oxygen atoms in total. The topological polar surface area (TPSA) is 96.0 Å². The molecular formula is C22H23N3O6. The van der Waals surface area contributed by atoms with Gasteiger partial charge in [-0.15, -0.1) is 0 Å². The third kappa shape index (κ3) is 4.11. The van der Waals surface area contributed by atoms with E-state index >= 15 is 0 Å². The summed E-state index contributed by atoms with van der Waals surface area (Å²) in [5.41, 5.74) is 1.34. The van der Waals surface area contributed by atoms with Gasteiger partial charge in [-0.3, -0.25) is 9.48 Å². The van der Waals surface area contributed by atoms with Crippen molar-refractivity contribution in [2.75, 3.05) is 27.3 Å². The van der Waals surface area contributed by atoms with E-state index in [9.17, 15) is 9.59 Å². The van der Waals surface area contributed by atoms with Gasteiger partial charge in [0.25, 0.3) is 5.91 Å². The zero-order valence-electron chi connectivity index (χ0n) is 17.7. The van der Waals surface area contributed by atoms with Crippen molar-refractivity contribution in [1.29, 1.82) is 0 Å². The Hall–Kier alpha value is -3.75. The largest absolute Gasteiger partial charge is 0.497 e. The van der Waals surface area contributed by atoms with Crippen LogP contribution in [0.3, 0.4) is 0 Å². The Morgan fingerprint density at radius 1 is 1.10 bits per heavy atom. The molecule has 0 saturated carbocycles. The Bertz CT molecular complexity index is 1180. The number of aromatic nitrogens is 2. The molecule has 31 heavy (non-hydrogen) atoms. The average Bonchev–Trinajstić information content (AvgIpc) is 3.10. The summed E-state index contributed by atoms with van der Waals surface area (Å²) in [4.78, 5) is 26.1. The SMILES string of the molecule is COc1ccc(OC)c(-c2cc(C(=O)N3CC(Oc4cc(C)oc(=O)c4)C3)n(C)n2)c1. The van der Waals surface area contributed by atoms with Crippen molar-refractivity contribution in [2.45, 2.75) is 13.0 Å². The molecule has 1 aliphatic rings. The molecule has 162 valence electrons. The van der Waals surface area contributed by atoms with E-state index in [0.717, 1.165) is 5.56 Å². The number of hydrogen-bond donors (Lipinski definition) is 0. The predicted molar refractivity (Wildman–Crippen MR) is 112 cm³/mol. The van der Waals surface area contributed by atoms with Crippen LogP contribution >= 0.6 is 0 Å². The molecule has 1 saturated heterocycles. The number of likely N-dealkylation sites (tertiary alicyclic amines) is 1. The molecule has 0 aliphatic carbocycles. The number of nitrogens with zero attached hydrogens (tertiary/aromatic N) is 3. The van der Waals surface area contributed by atoms with Gasteiger partial charge in [0.15, 0.2) is 0 Å². The molecule has 0 bridgehead atoms. The first kappa shape index (κ1) is 20.5. The zero-order chi connectivity index (χ0) is 22.1. The normalized spacial score (nSPS) is 13.6. The second kappa shape index (κ2) is 8.17. The van der Waals surface area contributed by atoms with Crippen LogP contribution in [0.4, 0.5) is 0 Å².